The maximum Gasteiger partial charge on any atom is 0.243 e. The summed E-state index contributed by atoms with van der Waals surface area (Å²) in [7, 11) is 1.85. The van der Waals surface area contributed by atoms with E-state index >= 15 is 0 Å². The highest BCUT2D eigenvalue weighted by Crippen LogP contribution is 2.14. The third kappa shape index (κ3) is 3.46. The standard InChI is InChI=1S/C14H21N5O/c1-3-6-12(19-9-4-5-10-19)14(20)15-8-7-13-16-11-17-18(13)2/h4-5,9-12H,3,6-8H2,1-2H3,(H,15,20)/t12-/m0/s1. The Kier molecular flexibility index (Phi) is 4.92. The highest BCUT2D eigenvalue weighted by Gasteiger charge is 2.18. The lowest BCUT2D eigenvalue weighted by Gasteiger charge is -2.17. The Morgan fingerprint density at radius 3 is 2.75 bits per heavy atom. The summed E-state index contributed by atoms with van der Waals surface area (Å²) in [4.78, 5) is 16.4. The van der Waals surface area contributed by atoms with E-state index in [2.05, 4.69) is 22.3 Å². The van der Waals surface area contributed by atoms with Gasteiger partial charge in [0.2, 0.25) is 5.91 Å². The molecule has 0 bridgehead atoms. The molecule has 6 nitrogen and oxygen atoms in total. The smallest absolute Gasteiger partial charge is 0.243 e. The average Bonchev–Trinajstić information content (AvgIpc) is 3.08. The van der Waals surface area contributed by atoms with Crippen molar-refractivity contribution in [2.75, 3.05) is 6.54 Å². The SMILES string of the molecule is CCC[C@@H](C(=O)NCCc1ncnn1C)n1cccc1. The molecule has 2 heterocycles. The van der Waals surface area contributed by atoms with Crippen molar-refractivity contribution in [1.82, 2.24) is 24.6 Å². The molecule has 108 valence electrons. The van der Waals surface area contributed by atoms with Crippen LogP contribution in [-0.2, 0) is 18.3 Å². The second kappa shape index (κ2) is 6.88. The molecular weight excluding hydrogens is 254 g/mol. The summed E-state index contributed by atoms with van der Waals surface area (Å²) >= 11 is 0. The van der Waals surface area contributed by atoms with E-state index < -0.39 is 0 Å². The zero-order valence-electron chi connectivity index (χ0n) is 12.0. The van der Waals surface area contributed by atoms with Crippen LogP contribution in [0.5, 0.6) is 0 Å². The number of carbonyl (C=O) groups excluding carboxylic acids is 1. The average molecular weight is 275 g/mol. The van der Waals surface area contributed by atoms with Gasteiger partial charge in [-0.15, -0.1) is 0 Å². The molecule has 1 N–H and O–H groups in total. The van der Waals surface area contributed by atoms with Gasteiger partial charge in [-0.25, -0.2) is 4.98 Å². The van der Waals surface area contributed by atoms with Gasteiger partial charge in [0.25, 0.3) is 0 Å². The lowest BCUT2D eigenvalue weighted by molar-refractivity contribution is -0.124. The fourth-order valence-electron chi connectivity index (χ4n) is 2.21. The van der Waals surface area contributed by atoms with Crippen LogP contribution < -0.4 is 5.32 Å². The van der Waals surface area contributed by atoms with Gasteiger partial charge in [-0.05, 0) is 18.6 Å². The molecule has 0 aliphatic rings. The van der Waals surface area contributed by atoms with E-state index in [1.165, 1.54) is 6.33 Å². The number of nitrogens with zero attached hydrogens (tertiary/aromatic N) is 4. The van der Waals surface area contributed by atoms with Gasteiger partial charge in [-0.3, -0.25) is 9.48 Å². The van der Waals surface area contributed by atoms with Crippen molar-refractivity contribution in [3.05, 3.63) is 36.7 Å². The van der Waals surface area contributed by atoms with Crippen LogP contribution in [0.3, 0.4) is 0 Å². The predicted molar refractivity (Wildman–Crippen MR) is 76.1 cm³/mol. The monoisotopic (exact) mass is 275 g/mol. The lowest BCUT2D eigenvalue weighted by atomic mass is 10.1. The van der Waals surface area contributed by atoms with E-state index in [1.807, 2.05) is 36.1 Å². The van der Waals surface area contributed by atoms with Gasteiger partial charge in [0, 0.05) is 32.4 Å². The highest BCUT2D eigenvalue weighted by atomic mass is 16.2. The molecule has 0 aliphatic carbocycles. The zero-order chi connectivity index (χ0) is 14.4. The Morgan fingerprint density at radius 2 is 2.15 bits per heavy atom. The lowest BCUT2D eigenvalue weighted by Crippen LogP contribution is -2.33. The number of carbonyl (C=O) groups is 1. The van der Waals surface area contributed by atoms with Crippen molar-refractivity contribution >= 4 is 5.91 Å². The first-order valence-electron chi connectivity index (χ1n) is 6.95. The summed E-state index contributed by atoms with van der Waals surface area (Å²) in [5, 5.41) is 6.99. The number of amides is 1. The van der Waals surface area contributed by atoms with Crippen LogP contribution in [0, 0.1) is 0 Å². The molecule has 0 unspecified atom stereocenters. The topological polar surface area (TPSA) is 64.7 Å². The molecule has 0 fully saturated rings. The quantitative estimate of drug-likeness (QED) is 0.828. The molecule has 0 saturated carbocycles. The Balaban J connectivity index is 1.87. The van der Waals surface area contributed by atoms with Crippen molar-refractivity contribution in [2.24, 2.45) is 7.05 Å². The Labute approximate surface area is 118 Å². The zero-order valence-corrected chi connectivity index (χ0v) is 12.0. The third-order valence-electron chi connectivity index (χ3n) is 3.31. The van der Waals surface area contributed by atoms with Crippen molar-refractivity contribution in [1.29, 1.82) is 0 Å². The number of aryl methyl sites for hydroxylation is 1. The molecule has 0 spiro atoms. The fourth-order valence-corrected chi connectivity index (χ4v) is 2.21. The second-order valence-electron chi connectivity index (χ2n) is 4.78. The molecule has 1 amide bonds. The number of aromatic nitrogens is 4. The van der Waals surface area contributed by atoms with Gasteiger partial charge < -0.3 is 9.88 Å². The third-order valence-corrected chi connectivity index (χ3v) is 3.31. The van der Waals surface area contributed by atoms with Crippen molar-refractivity contribution < 1.29 is 4.79 Å². The van der Waals surface area contributed by atoms with Gasteiger partial charge in [0.05, 0.1) is 0 Å². The fraction of sp³-hybridized carbons (Fsp3) is 0.500. The van der Waals surface area contributed by atoms with E-state index in [4.69, 9.17) is 0 Å². The van der Waals surface area contributed by atoms with Crippen molar-refractivity contribution in [2.45, 2.75) is 32.2 Å². The van der Waals surface area contributed by atoms with Gasteiger partial charge in [-0.1, -0.05) is 13.3 Å². The van der Waals surface area contributed by atoms with Gasteiger partial charge in [0.1, 0.15) is 18.2 Å². The number of hydrogen-bond acceptors (Lipinski definition) is 3. The van der Waals surface area contributed by atoms with Gasteiger partial charge >= 0.3 is 0 Å². The summed E-state index contributed by atoms with van der Waals surface area (Å²) in [6, 6.07) is 3.75. The number of nitrogens with one attached hydrogen (secondary N) is 1. The first-order chi connectivity index (χ1) is 9.72. The van der Waals surface area contributed by atoms with Crippen LogP contribution in [0.1, 0.15) is 31.6 Å². The Morgan fingerprint density at radius 1 is 1.40 bits per heavy atom. The molecule has 2 aromatic rings. The van der Waals surface area contributed by atoms with Crippen LogP contribution >= 0.6 is 0 Å². The maximum absolute atomic E-state index is 12.3. The predicted octanol–water partition coefficient (Wildman–Crippen LogP) is 1.32. The molecular formula is C14H21N5O. The van der Waals surface area contributed by atoms with Crippen LogP contribution in [0.25, 0.3) is 0 Å². The summed E-state index contributed by atoms with van der Waals surface area (Å²) < 4.78 is 3.68. The molecule has 2 aromatic heterocycles. The molecule has 1 atom stereocenters. The van der Waals surface area contributed by atoms with E-state index in [-0.39, 0.29) is 11.9 Å². The van der Waals surface area contributed by atoms with Crippen LogP contribution in [0.15, 0.2) is 30.9 Å². The summed E-state index contributed by atoms with van der Waals surface area (Å²) in [5.41, 5.74) is 0. The van der Waals surface area contributed by atoms with Gasteiger partial charge in [-0.2, -0.15) is 5.10 Å². The molecule has 0 aromatic carbocycles. The molecule has 0 aliphatic heterocycles. The van der Waals surface area contributed by atoms with E-state index in [1.54, 1.807) is 4.68 Å². The Bertz CT molecular complexity index is 532. The van der Waals surface area contributed by atoms with Crippen LogP contribution in [0.4, 0.5) is 0 Å². The summed E-state index contributed by atoms with van der Waals surface area (Å²) in [6.45, 7) is 2.66. The summed E-state index contributed by atoms with van der Waals surface area (Å²) in [6.07, 6.45) is 7.89. The first-order valence-corrected chi connectivity index (χ1v) is 6.95. The molecule has 20 heavy (non-hydrogen) atoms. The number of hydrogen-bond donors (Lipinski definition) is 1. The largest absolute Gasteiger partial charge is 0.354 e. The Hall–Kier alpha value is -2.11. The number of rotatable bonds is 7. The van der Waals surface area contributed by atoms with Crippen molar-refractivity contribution in [3.8, 4) is 0 Å². The van der Waals surface area contributed by atoms with E-state index in [0.717, 1.165) is 18.7 Å². The van der Waals surface area contributed by atoms with Crippen molar-refractivity contribution in [3.63, 3.8) is 0 Å². The molecule has 0 saturated heterocycles. The summed E-state index contributed by atoms with van der Waals surface area (Å²) in [5.74, 6) is 0.934. The molecule has 0 radical (unpaired) electrons. The van der Waals surface area contributed by atoms with E-state index in [0.29, 0.717) is 13.0 Å². The van der Waals surface area contributed by atoms with E-state index in [9.17, 15) is 4.79 Å². The maximum atomic E-state index is 12.3. The molecule has 6 heteroatoms. The minimum atomic E-state index is -0.130. The first kappa shape index (κ1) is 14.3. The molecule has 2 rings (SSSR count). The van der Waals surface area contributed by atoms with Crippen LogP contribution in [0.2, 0.25) is 0 Å². The second-order valence-corrected chi connectivity index (χ2v) is 4.78. The normalized spacial score (nSPS) is 12.3. The van der Waals surface area contributed by atoms with Gasteiger partial charge in [0.15, 0.2) is 0 Å². The van der Waals surface area contributed by atoms with Crippen LogP contribution in [-0.4, -0.2) is 31.8 Å². The highest BCUT2D eigenvalue weighted by molar-refractivity contribution is 5.80. The minimum Gasteiger partial charge on any atom is -0.354 e. The minimum absolute atomic E-state index is 0.0604.